The molecule has 0 aliphatic carbocycles. The first kappa shape index (κ1) is 12.3. The van der Waals surface area contributed by atoms with Crippen LogP contribution in [0, 0.1) is 0 Å². The van der Waals surface area contributed by atoms with Crippen molar-refractivity contribution < 1.29 is 4.74 Å². The van der Waals surface area contributed by atoms with E-state index in [9.17, 15) is 0 Å². The van der Waals surface area contributed by atoms with Crippen molar-refractivity contribution in [1.29, 1.82) is 0 Å². The molecule has 1 aromatic rings. The maximum Gasteiger partial charge on any atom is 0.214 e. The molecule has 0 aromatic carbocycles. The van der Waals surface area contributed by atoms with Gasteiger partial charge in [-0.05, 0) is 26.8 Å². The summed E-state index contributed by atoms with van der Waals surface area (Å²) in [5.74, 6) is 0.639. The Balaban J connectivity index is 2.75. The summed E-state index contributed by atoms with van der Waals surface area (Å²) in [4.78, 5) is 8.18. The second-order valence-corrected chi connectivity index (χ2v) is 4.42. The van der Waals surface area contributed by atoms with Crippen LogP contribution in [-0.2, 0) is 6.54 Å². The van der Waals surface area contributed by atoms with Crippen LogP contribution in [0.15, 0.2) is 23.2 Å². The van der Waals surface area contributed by atoms with Crippen LogP contribution >= 0.6 is 0 Å². The van der Waals surface area contributed by atoms with E-state index in [0.717, 1.165) is 5.69 Å². The first-order valence-electron chi connectivity index (χ1n) is 5.07. The molecule has 5 heteroatoms. The molecule has 0 saturated heterocycles. The second-order valence-electron chi connectivity index (χ2n) is 4.42. The van der Waals surface area contributed by atoms with E-state index in [1.165, 1.54) is 0 Å². The minimum absolute atomic E-state index is 0.0592. The van der Waals surface area contributed by atoms with Gasteiger partial charge in [-0.3, -0.25) is 0 Å². The zero-order chi connectivity index (χ0) is 12.2. The summed E-state index contributed by atoms with van der Waals surface area (Å²) < 4.78 is 5.63. The topological polar surface area (TPSA) is 86.5 Å². The minimum atomic E-state index is -0.262. The number of nitrogens with zero attached hydrogens (tertiary/aromatic N) is 2. The van der Waals surface area contributed by atoms with Gasteiger partial charge in [-0.25, -0.2) is 9.98 Å². The zero-order valence-electron chi connectivity index (χ0n) is 9.90. The van der Waals surface area contributed by atoms with Gasteiger partial charge >= 0.3 is 0 Å². The largest absolute Gasteiger partial charge is 0.472 e. The predicted octanol–water partition coefficient (Wildman–Crippen LogP) is 1.03. The molecule has 0 fully saturated rings. The van der Waals surface area contributed by atoms with E-state index in [1.807, 2.05) is 39.0 Å². The van der Waals surface area contributed by atoms with Crippen molar-refractivity contribution in [2.75, 3.05) is 0 Å². The van der Waals surface area contributed by atoms with Crippen LogP contribution in [0.25, 0.3) is 0 Å². The quantitative estimate of drug-likeness (QED) is 0.590. The van der Waals surface area contributed by atoms with Crippen LogP contribution in [0.5, 0.6) is 5.88 Å². The number of rotatable bonds is 3. The molecular formula is C11H18N4O. The van der Waals surface area contributed by atoms with E-state index in [4.69, 9.17) is 16.2 Å². The highest BCUT2D eigenvalue weighted by Gasteiger charge is 2.12. The number of guanidine groups is 1. The van der Waals surface area contributed by atoms with Crippen molar-refractivity contribution in [3.05, 3.63) is 23.9 Å². The van der Waals surface area contributed by atoms with Gasteiger partial charge < -0.3 is 16.2 Å². The third kappa shape index (κ3) is 4.63. The highest BCUT2D eigenvalue weighted by Crippen LogP contribution is 2.15. The van der Waals surface area contributed by atoms with Crippen LogP contribution in [0.4, 0.5) is 0 Å². The Kier molecular flexibility index (Phi) is 3.71. The van der Waals surface area contributed by atoms with Crippen molar-refractivity contribution in [3.8, 4) is 5.88 Å². The van der Waals surface area contributed by atoms with Crippen molar-refractivity contribution in [2.24, 2.45) is 16.5 Å². The molecule has 0 bridgehead atoms. The summed E-state index contributed by atoms with van der Waals surface area (Å²) in [7, 11) is 0. The molecule has 1 heterocycles. The molecule has 0 saturated carbocycles. The van der Waals surface area contributed by atoms with E-state index < -0.39 is 0 Å². The average Bonchev–Trinajstić information content (AvgIpc) is 2.12. The summed E-state index contributed by atoms with van der Waals surface area (Å²) in [6.07, 6.45) is 0. The SMILES string of the molecule is CC(C)(C)Oc1cccc(CN=C(N)N)n1. The molecule has 88 valence electrons. The number of aromatic nitrogens is 1. The Morgan fingerprint density at radius 1 is 1.38 bits per heavy atom. The number of aliphatic imine (C=N–C) groups is 1. The van der Waals surface area contributed by atoms with Crippen LogP contribution in [0.2, 0.25) is 0 Å². The lowest BCUT2D eigenvalue weighted by atomic mass is 10.2. The average molecular weight is 222 g/mol. The molecule has 16 heavy (non-hydrogen) atoms. The molecule has 0 amide bonds. The Bertz CT molecular complexity index is 378. The van der Waals surface area contributed by atoms with Gasteiger partial charge in [0, 0.05) is 6.07 Å². The maximum atomic E-state index is 5.63. The molecule has 4 N–H and O–H groups in total. The number of hydrogen-bond donors (Lipinski definition) is 2. The summed E-state index contributed by atoms with van der Waals surface area (Å²) in [6, 6.07) is 5.53. The molecule has 0 radical (unpaired) electrons. The molecular weight excluding hydrogens is 204 g/mol. The van der Waals surface area contributed by atoms with Crippen LogP contribution in [-0.4, -0.2) is 16.5 Å². The summed E-state index contributed by atoms with van der Waals surface area (Å²) in [5, 5.41) is 0. The van der Waals surface area contributed by atoms with Gasteiger partial charge in [-0.2, -0.15) is 0 Å². The monoisotopic (exact) mass is 222 g/mol. The Hall–Kier alpha value is -1.78. The third-order valence-electron chi connectivity index (χ3n) is 1.62. The standard InChI is InChI=1S/C11H18N4O/c1-11(2,3)16-9-6-4-5-8(15-9)7-14-10(12)13/h4-6H,7H2,1-3H3,(H4,12,13,14). The number of hydrogen-bond acceptors (Lipinski definition) is 3. The van der Waals surface area contributed by atoms with E-state index in [1.54, 1.807) is 0 Å². The molecule has 0 spiro atoms. The number of pyridine rings is 1. The summed E-state index contributed by atoms with van der Waals surface area (Å²) >= 11 is 0. The minimum Gasteiger partial charge on any atom is -0.472 e. The molecule has 1 rings (SSSR count). The van der Waals surface area contributed by atoms with Gasteiger partial charge in [0.15, 0.2) is 5.96 Å². The van der Waals surface area contributed by atoms with Gasteiger partial charge in [-0.1, -0.05) is 6.07 Å². The molecule has 0 aliphatic heterocycles. The van der Waals surface area contributed by atoms with E-state index >= 15 is 0 Å². The fourth-order valence-electron chi connectivity index (χ4n) is 1.09. The lowest BCUT2D eigenvalue weighted by molar-refractivity contribution is 0.124. The third-order valence-corrected chi connectivity index (χ3v) is 1.62. The second kappa shape index (κ2) is 4.83. The fraction of sp³-hybridized carbons (Fsp3) is 0.455. The lowest BCUT2D eigenvalue weighted by Gasteiger charge is -2.20. The predicted molar refractivity (Wildman–Crippen MR) is 64.1 cm³/mol. The van der Waals surface area contributed by atoms with Crippen LogP contribution in [0.1, 0.15) is 26.5 Å². The molecule has 1 aromatic heterocycles. The number of ether oxygens (including phenoxy) is 1. The van der Waals surface area contributed by atoms with E-state index in [-0.39, 0.29) is 11.6 Å². The Labute approximate surface area is 95.5 Å². The Morgan fingerprint density at radius 3 is 2.62 bits per heavy atom. The van der Waals surface area contributed by atoms with Crippen molar-refractivity contribution in [1.82, 2.24) is 4.98 Å². The van der Waals surface area contributed by atoms with Crippen LogP contribution < -0.4 is 16.2 Å². The van der Waals surface area contributed by atoms with Gasteiger partial charge in [0.05, 0.1) is 12.2 Å². The fourth-order valence-corrected chi connectivity index (χ4v) is 1.09. The van der Waals surface area contributed by atoms with Crippen molar-refractivity contribution in [3.63, 3.8) is 0 Å². The molecule has 0 atom stereocenters. The smallest absolute Gasteiger partial charge is 0.214 e. The van der Waals surface area contributed by atoms with Gasteiger partial charge in [0.25, 0.3) is 0 Å². The van der Waals surface area contributed by atoms with E-state index in [0.29, 0.717) is 12.4 Å². The summed E-state index contributed by atoms with van der Waals surface area (Å²) in [6.45, 7) is 6.27. The molecule has 0 unspecified atom stereocenters. The summed E-state index contributed by atoms with van der Waals surface area (Å²) in [5.41, 5.74) is 11.0. The van der Waals surface area contributed by atoms with Gasteiger partial charge in [0.2, 0.25) is 5.88 Å². The van der Waals surface area contributed by atoms with Crippen LogP contribution in [0.3, 0.4) is 0 Å². The first-order valence-corrected chi connectivity index (χ1v) is 5.07. The number of nitrogens with two attached hydrogens (primary N) is 2. The Morgan fingerprint density at radius 2 is 2.06 bits per heavy atom. The van der Waals surface area contributed by atoms with Gasteiger partial charge in [0.1, 0.15) is 5.60 Å². The first-order chi connectivity index (χ1) is 7.37. The lowest BCUT2D eigenvalue weighted by Crippen LogP contribution is -2.24. The molecule has 5 nitrogen and oxygen atoms in total. The van der Waals surface area contributed by atoms with Crippen molar-refractivity contribution >= 4 is 5.96 Å². The normalized spacial score (nSPS) is 10.9. The molecule has 0 aliphatic rings. The van der Waals surface area contributed by atoms with Crippen molar-refractivity contribution in [2.45, 2.75) is 32.9 Å². The van der Waals surface area contributed by atoms with Gasteiger partial charge in [-0.15, -0.1) is 0 Å². The highest BCUT2D eigenvalue weighted by atomic mass is 16.5. The maximum absolute atomic E-state index is 5.63. The zero-order valence-corrected chi connectivity index (χ0v) is 9.90. The highest BCUT2D eigenvalue weighted by molar-refractivity contribution is 5.75. The van der Waals surface area contributed by atoms with E-state index in [2.05, 4.69) is 9.98 Å².